The number of hydrogen-bond donors (Lipinski definition) is 3. The smallest absolute Gasteiger partial charge is 0.175 e. The summed E-state index contributed by atoms with van der Waals surface area (Å²) in [7, 11) is -3.15. The Morgan fingerprint density at radius 3 is 2.60 bits per heavy atom. The van der Waals surface area contributed by atoms with Crippen LogP contribution in [0.25, 0.3) is 0 Å². The van der Waals surface area contributed by atoms with E-state index in [4.69, 9.17) is 0 Å². The second-order valence-corrected chi connectivity index (χ2v) is 11.9. The monoisotopic (exact) mass is 502 g/mol. The van der Waals surface area contributed by atoms with Crippen molar-refractivity contribution in [3.05, 3.63) is 53.1 Å². The normalized spacial score (nSPS) is 15.9. The highest BCUT2D eigenvalue weighted by Crippen LogP contribution is 2.36. The van der Waals surface area contributed by atoms with Crippen molar-refractivity contribution >= 4 is 9.84 Å². The quantitative estimate of drug-likeness (QED) is 0.261. The van der Waals surface area contributed by atoms with Gasteiger partial charge in [0.1, 0.15) is 0 Å². The Labute approximate surface area is 211 Å². The van der Waals surface area contributed by atoms with Gasteiger partial charge in [-0.3, -0.25) is 0 Å². The van der Waals surface area contributed by atoms with Crippen LogP contribution in [-0.2, 0) is 29.1 Å². The fourth-order valence-electron chi connectivity index (χ4n) is 5.09. The molecule has 0 saturated heterocycles. The van der Waals surface area contributed by atoms with Gasteiger partial charge in [0.25, 0.3) is 0 Å². The molecule has 35 heavy (non-hydrogen) atoms. The third-order valence-corrected chi connectivity index (χ3v) is 8.14. The number of benzene rings is 2. The number of fused-ring (bicyclic) bond motifs is 1. The molecule has 2 aromatic rings. The first-order chi connectivity index (χ1) is 16.8. The molecule has 3 N–H and O–H groups in total. The molecule has 0 saturated carbocycles. The summed E-state index contributed by atoms with van der Waals surface area (Å²) in [6.45, 7) is 6.29. The van der Waals surface area contributed by atoms with Crippen molar-refractivity contribution in [1.82, 2.24) is 10.2 Å². The molecule has 3 rings (SSSR count). The lowest BCUT2D eigenvalue weighted by atomic mass is 9.86. The number of phenols is 2. The Hall–Kier alpha value is -2.09. The average Bonchev–Trinajstić information content (AvgIpc) is 2.84. The van der Waals surface area contributed by atoms with Crippen molar-refractivity contribution < 1.29 is 18.6 Å². The maximum absolute atomic E-state index is 11.7. The molecule has 0 amide bonds. The molecule has 0 fully saturated rings. The fourth-order valence-corrected chi connectivity index (χ4v) is 5.78. The molecule has 7 heteroatoms. The first-order valence-electron chi connectivity index (χ1n) is 13.1. The Kier molecular flexibility index (Phi) is 10.4. The second-order valence-electron chi connectivity index (χ2n) is 9.84. The average molecular weight is 503 g/mol. The lowest BCUT2D eigenvalue weighted by Gasteiger charge is -2.35. The van der Waals surface area contributed by atoms with E-state index in [1.165, 1.54) is 31.1 Å². The summed E-state index contributed by atoms with van der Waals surface area (Å²) in [5, 5.41) is 23.4. The van der Waals surface area contributed by atoms with Crippen molar-refractivity contribution in [1.29, 1.82) is 0 Å². The van der Waals surface area contributed by atoms with Crippen molar-refractivity contribution in [3.63, 3.8) is 0 Å². The fraction of sp³-hybridized carbons (Fsp3) is 0.571. The number of rotatable bonds is 14. The van der Waals surface area contributed by atoms with E-state index in [1.807, 2.05) is 18.2 Å². The third-order valence-electron chi connectivity index (χ3n) is 7.03. The van der Waals surface area contributed by atoms with Gasteiger partial charge in [0.05, 0.1) is 4.90 Å². The Bertz CT molecular complexity index is 1050. The molecule has 1 atom stereocenters. The lowest BCUT2D eigenvalue weighted by molar-refractivity contribution is 0.175. The second kappa shape index (κ2) is 13.3. The maximum atomic E-state index is 11.7. The topological polar surface area (TPSA) is 89.9 Å². The van der Waals surface area contributed by atoms with Crippen LogP contribution in [0.1, 0.15) is 62.1 Å². The van der Waals surface area contributed by atoms with Crippen LogP contribution in [0.2, 0.25) is 0 Å². The molecule has 0 heterocycles. The van der Waals surface area contributed by atoms with E-state index in [0.717, 1.165) is 75.8 Å². The van der Waals surface area contributed by atoms with Gasteiger partial charge in [0.15, 0.2) is 21.3 Å². The molecule has 2 aromatic carbocycles. The minimum absolute atomic E-state index is 0.0109. The van der Waals surface area contributed by atoms with Gasteiger partial charge in [0, 0.05) is 17.9 Å². The van der Waals surface area contributed by atoms with E-state index in [0.29, 0.717) is 10.9 Å². The van der Waals surface area contributed by atoms with Crippen LogP contribution in [0.4, 0.5) is 0 Å². The highest BCUT2D eigenvalue weighted by molar-refractivity contribution is 7.90. The van der Waals surface area contributed by atoms with E-state index < -0.39 is 9.84 Å². The highest BCUT2D eigenvalue weighted by atomic mass is 32.2. The minimum atomic E-state index is -3.15. The van der Waals surface area contributed by atoms with Crippen LogP contribution in [-0.4, -0.2) is 62.0 Å². The summed E-state index contributed by atoms with van der Waals surface area (Å²) in [4.78, 5) is 3.01. The zero-order chi connectivity index (χ0) is 25.3. The summed E-state index contributed by atoms with van der Waals surface area (Å²) in [6.07, 6.45) is 10.8. The Morgan fingerprint density at radius 2 is 1.83 bits per heavy atom. The van der Waals surface area contributed by atoms with Crippen molar-refractivity contribution in [2.24, 2.45) is 0 Å². The summed E-state index contributed by atoms with van der Waals surface area (Å²) < 4.78 is 23.4. The first kappa shape index (κ1) is 27.5. The Morgan fingerprint density at radius 1 is 1.03 bits per heavy atom. The van der Waals surface area contributed by atoms with Crippen molar-refractivity contribution in [2.45, 2.75) is 75.6 Å². The largest absolute Gasteiger partial charge is 0.504 e. The van der Waals surface area contributed by atoms with Crippen LogP contribution >= 0.6 is 0 Å². The molecule has 0 bridgehead atoms. The van der Waals surface area contributed by atoms with Crippen LogP contribution in [0.5, 0.6) is 11.5 Å². The lowest BCUT2D eigenvalue weighted by Crippen LogP contribution is -2.40. The van der Waals surface area contributed by atoms with Gasteiger partial charge in [-0.1, -0.05) is 38.0 Å². The minimum Gasteiger partial charge on any atom is -0.504 e. The predicted molar refractivity (Wildman–Crippen MR) is 142 cm³/mol. The number of sulfone groups is 1. The maximum Gasteiger partial charge on any atom is 0.175 e. The molecule has 0 spiro atoms. The SMILES string of the molecule is CCCN(CCCCCCNCCc1cccc(S(C)(=O)=O)c1)C1CCc2c(ccc(O)c2O)C1. The highest BCUT2D eigenvalue weighted by Gasteiger charge is 2.26. The molecule has 0 aromatic heterocycles. The van der Waals surface area contributed by atoms with E-state index in [2.05, 4.69) is 17.1 Å². The van der Waals surface area contributed by atoms with Gasteiger partial charge < -0.3 is 20.4 Å². The molecule has 0 radical (unpaired) electrons. The summed E-state index contributed by atoms with van der Waals surface area (Å²) in [5.41, 5.74) is 3.15. The van der Waals surface area contributed by atoms with Crippen molar-refractivity contribution in [2.75, 3.05) is 32.4 Å². The summed E-state index contributed by atoms with van der Waals surface area (Å²) in [6, 6.07) is 11.3. The van der Waals surface area contributed by atoms with E-state index >= 15 is 0 Å². The van der Waals surface area contributed by atoms with Gasteiger partial charge in [-0.2, -0.15) is 0 Å². The Balaban J connectivity index is 1.31. The van der Waals surface area contributed by atoms with Crippen LogP contribution in [0.3, 0.4) is 0 Å². The number of hydrogen-bond acceptors (Lipinski definition) is 6. The predicted octanol–water partition coefficient (Wildman–Crippen LogP) is 4.46. The number of nitrogens with zero attached hydrogens (tertiary/aromatic N) is 1. The first-order valence-corrected chi connectivity index (χ1v) is 14.9. The summed E-state index contributed by atoms with van der Waals surface area (Å²) in [5.74, 6) is 0.0577. The number of nitrogens with one attached hydrogen (secondary N) is 1. The molecule has 1 aliphatic rings. The molecule has 1 aliphatic carbocycles. The van der Waals surface area contributed by atoms with Crippen LogP contribution in [0.15, 0.2) is 41.3 Å². The zero-order valence-corrected chi connectivity index (χ0v) is 22.1. The molecule has 194 valence electrons. The number of aromatic hydroxyl groups is 2. The van der Waals surface area contributed by atoms with E-state index in [1.54, 1.807) is 18.2 Å². The number of unbranched alkanes of at least 4 members (excludes halogenated alkanes) is 3. The van der Waals surface area contributed by atoms with E-state index in [-0.39, 0.29) is 11.5 Å². The zero-order valence-electron chi connectivity index (χ0n) is 21.3. The standard InChI is InChI=1S/C28H42N2O4S/c1-3-18-30(24-12-13-26-23(21-24)11-14-27(31)28(26)32)19-7-5-4-6-16-29-17-15-22-9-8-10-25(20-22)35(2,33)34/h8-11,14,20,24,29,31-32H,3-7,12-13,15-19,21H2,1-2H3. The van der Waals surface area contributed by atoms with Gasteiger partial charge in [-0.15, -0.1) is 0 Å². The molecule has 0 aliphatic heterocycles. The van der Waals surface area contributed by atoms with Gasteiger partial charge >= 0.3 is 0 Å². The molecular weight excluding hydrogens is 460 g/mol. The van der Waals surface area contributed by atoms with Gasteiger partial charge in [-0.25, -0.2) is 8.42 Å². The third kappa shape index (κ3) is 8.23. The summed E-state index contributed by atoms with van der Waals surface area (Å²) >= 11 is 0. The molecular formula is C28H42N2O4S. The van der Waals surface area contributed by atoms with Gasteiger partial charge in [0.2, 0.25) is 0 Å². The van der Waals surface area contributed by atoms with Crippen LogP contribution < -0.4 is 5.32 Å². The van der Waals surface area contributed by atoms with E-state index in [9.17, 15) is 18.6 Å². The number of phenolic OH excluding ortho intramolecular Hbond substituents is 2. The van der Waals surface area contributed by atoms with Crippen LogP contribution in [0, 0.1) is 0 Å². The molecule has 6 nitrogen and oxygen atoms in total. The van der Waals surface area contributed by atoms with Gasteiger partial charge in [-0.05, 0) is 100 Å². The molecule has 1 unspecified atom stereocenters. The van der Waals surface area contributed by atoms with Crippen molar-refractivity contribution in [3.8, 4) is 11.5 Å².